The van der Waals surface area contributed by atoms with Crippen molar-refractivity contribution in [2.75, 3.05) is 85.8 Å². The van der Waals surface area contributed by atoms with Gasteiger partial charge in [0.15, 0.2) is 5.78 Å². The molecule has 3 aliphatic carbocycles. The van der Waals surface area contributed by atoms with Crippen LogP contribution in [0.5, 0.6) is 34.5 Å². The number of likely N-dealkylation sites (tertiary alicyclic amines) is 3. The van der Waals surface area contributed by atoms with Crippen LogP contribution in [-0.2, 0) is 39.6 Å². The molecule has 6 fully saturated rings. The molecule has 611 valence electrons. The number of carbonyl (C=O) groups excluding carboxylic acids is 1. The Balaban J connectivity index is 0.000000258. The summed E-state index contributed by atoms with van der Waals surface area (Å²) in [6, 6.07) is 31.5. The number of para-hydroxylation sites is 3. The number of nitrogens with zero attached hydrogens (tertiary/aromatic N) is 3. The molecule has 6 aromatic rings. The number of hydrogen-bond acceptors (Lipinski definition) is 13. The van der Waals surface area contributed by atoms with E-state index in [1.807, 2.05) is 4.90 Å². The number of Topliss-reactive ketones (excluding diaryl/α,β-unsaturated/α-hetero) is 1. The van der Waals surface area contributed by atoms with Gasteiger partial charge in [0.25, 0.3) is 0 Å². The molecule has 112 heavy (non-hydrogen) atoms. The van der Waals surface area contributed by atoms with Crippen LogP contribution >= 0.6 is 0 Å². The van der Waals surface area contributed by atoms with Gasteiger partial charge in [0.2, 0.25) is 0 Å². The molecule has 3 radical (unpaired) electrons. The molecule has 3 saturated carbocycles. The predicted molar refractivity (Wildman–Crippen MR) is 376 cm³/mol. The number of ether oxygens (including phenoxy) is 6. The van der Waals surface area contributed by atoms with E-state index in [0.717, 1.165) is 114 Å². The molecule has 3 saturated heterocycles. The van der Waals surface area contributed by atoms with Crippen molar-refractivity contribution in [1.29, 1.82) is 0 Å². The predicted octanol–water partition coefficient (Wildman–Crippen LogP) is 15.1. The summed E-state index contributed by atoms with van der Waals surface area (Å²) in [4.78, 5) is 19.6. The first-order valence-corrected chi connectivity index (χ1v) is 36.4. The summed E-state index contributed by atoms with van der Waals surface area (Å²) in [6.45, 7) is 5.62. The van der Waals surface area contributed by atoms with Gasteiger partial charge >= 0.3 is 67.2 Å². The number of halogens is 18. The molecule has 6 aliphatic rings. The third-order valence-electron chi connectivity index (χ3n) is 21.5. The Hall–Kier alpha value is -6.65. The second-order valence-corrected chi connectivity index (χ2v) is 28.8. The van der Waals surface area contributed by atoms with Gasteiger partial charge in [-0.1, -0.05) is 73.9 Å². The number of aliphatic hydroxyl groups excluding tert-OH is 3. The number of rotatable bonds is 24. The number of hydrogen-bond donors (Lipinski definition) is 3. The zero-order valence-corrected chi connectivity index (χ0v) is 63.8. The van der Waals surface area contributed by atoms with Gasteiger partial charge in [-0.25, -0.2) is 0 Å². The van der Waals surface area contributed by atoms with Crippen LogP contribution in [0.3, 0.4) is 0 Å². The van der Waals surface area contributed by atoms with E-state index in [-0.39, 0.29) is 92.3 Å². The van der Waals surface area contributed by atoms with Gasteiger partial charge in [-0.2, -0.15) is 39.5 Å². The average Bonchev–Trinajstić information content (AvgIpc) is 0.760. The number of piperidine rings is 3. The molecule has 3 aliphatic heterocycles. The Morgan fingerprint density at radius 1 is 0.411 bits per heavy atom. The molecule has 13 nitrogen and oxygen atoms in total. The van der Waals surface area contributed by atoms with Crippen LogP contribution in [0, 0.1) is 17.8 Å². The smallest absolute Gasteiger partial charge is 1.00 e. The van der Waals surface area contributed by atoms with Crippen LogP contribution in [0.25, 0.3) is 0 Å². The maximum absolute atomic E-state index is 13.4. The third kappa shape index (κ3) is 25.4. The molecule has 0 spiro atoms. The van der Waals surface area contributed by atoms with Crippen molar-refractivity contribution in [1.82, 2.24) is 14.7 Å². The first kappa shape index (κ1) is 92.5. The van der Waals surface area contributed by atoms with E-state index >= 15 is 0 Å². The molecule has 3 unspecified atom stereocenters. The molecule has 0 aromatic heterocycles. The Morgan fingerprint density at radius 3 is 0.964 bits per heavy atom. The van der Waals surface area contributed by atoms with Crippen molar-refractivity contribution < 1.29 is 159 Å². The number of benzene rings is 6. The summed E-state index contributed by atoms with van der Waals surface area (Å²) in [5.41, 5.74) is -3.79. The molecule has 0 amide bonds. The van der Waals surface area contributed by atoms with Crippen LogP contribution in [-0.4, -0.2) is 161 Å². The summed E-state index contributed by atoms with van der Waals surface area (Å²) in [5.74, 6) is 0.353. The Morgan fingerprint density at radius 2 is 0.688 bits per heavy atom. The fourth-order valence-corrected chi connectivity index (χ4v) is 15.6. The fourth-order valence-electron chi connectivity index (χ4n) is 15.6. The number of ketones is 1. The summed E-state index contributed by atoms with van der Waals surface area (Å²) in [5, 5.41) is 29.5. The van der Waals surface area contributed by atoms with Crippen LogP contribution in [0.4, 0.5) is 79.0 Å². The molecular formula is C79H90BF18N3NaO10. The van der Waals surface area contributed by atoms with Gasteiger partial charge in [-0.05, 0) is 188 Å². The van der Waals surface area contributed by atoms with Crippen molar-refractivity contribution >= 4 is 14.2 Å². The minimum absolute atomic E-state index is 0. The largest absolute Gasteiger partial charge is 1.00 e. The SMILES string of the molecule is CO.O=C(CN1CCCC(COc2ccc(C(F)(F)F)cc2)C1)C1(c2ccccc2OC(F)(F)F)CCC1.O[C@@H](CN1CCCC(COc2ccc(C(F)(F)F)cc2)C1)C1(c2ccccc2OC(F)(F)F)CCC1.O[C@H](CN1CCCC(COc2ccc(C(F)(F)F)cc2)C1)C1(c2ccccc2OC(F)(F)F)CCC1.[B].[H-].[Na+]. The van der Waals surface area contributed by atoms with Crippen molar-refractivity contribution in [2.24, 2.45) is 17.8 Å². The normalized spacial score (nSPS) is 20.4. The van der Waals surface area contributed by atoms with Crippen molar-refractivity contribution in [3.8, 4) is 34.5 Å². The van der Waals surface area contributed by atoms with E-state index in [2.05, 4.69) is 24.0 Å². The third-order valence-corrected chi connectivity index (χ3v) is 21.5. The second kappa shape index (κ2) is 39.8. The number of alkyl halides is 18. The first-order valence-electron chi connectivity index (χ1n) is 36.4. The van der Waals surface area contributed by atoms with Gasteiger partial charge in [0, 0.05) is 93.5 Å². The van der Waals surface area contributed by atoms with Gasteiger partial charge in [0.05, 0.1) is 60.7 Å². The maximum Gasteiger partial charge on any atom is 1.00 e. The fraction of sp³-hybridized carbons (Fsp3) is 0.532. The van der Waals surface area contributed by atoms with Gasteiger partial charge in [0.1, 0.15) is 34.5 Å². The maximum atomic E-state index is 13.4. The molecule has 12 rings (SSSR count). The number of carbonyl (C=O) groups is 1. The van der Waals surface area contributed by atoms with Gasteiger partial charge < -0.3 is 55.0 Å². The topological polar surface area (TPSA) is 143 Å². The van der Waals surface area contributed by atoms with E-state index in [4.69, 9.17) is 19.3 Å². The van der Waals surface area contributed by atoms with E-state index < -0.39 is 82.8 Å². The molecule has 6 aromatic carbocycles. The van der Waals surface area contributed by atoms with Crippen molar-refractivity contribution in [3.05, 3.63) is 179 Å². The number of aliphatic hydroxyl groups is 3. The van der Waals surface area contributed by atoms with Gasteiger partial charge in [-0.3, -0.25) is 9.69 Å². The molecule has 3 N–H and O–H groups in total. The summed E-state index contributed by atoms with van der Waals surface area (Å²) in [6.07, 6.45) is -18.8. The van der Waals surface area contributed by atoms with Crippen LogP contribution < -0.4 is 58.0 Å². The van der Waals surface area contributed by atoms with Crippen LogP contribution in [0.1, 0.15) is 131 Å². The Kier molecular flexibility index (Phi) is 32.9. The molecule has 5 atom stereocenters. The molecule has 3 heterocycles. The first-order chi connectivity index (χ1) is 51.9. The Labute approximate surface area is 663 Å². The number of β-amino-alcohol motifs (C(OH)–C–C–N with tert-alkyl or cyclic N) is 2. The van der Waals surface area contributed by atoms with Crippen molar-refractivity contribution in [2.45, 2.75) is 162 Å². The van der Waals surface area contributed by atoms with E-state index in [1.54, 1.807) is 30.3 Å². The standard InChI is InChI=1S/2C26H29F6NO3.C26H27F6NO3.CH4O.B.Na.H/c3*27-25(28,29)19-8-10-20(11-9-19)35-17-18-5-3-14-33(15-18)16-23(34)24(12-4-13-24)21-6-1-2-7-22(21)36-26(30,31)32;1-2;;;/h2*1-2,6-11,18,23,34H,3-5,12-17H2;1-2,6-11,18H,3-5,12-17H2;2H,1H3;;;/q;;;;;+1;-1/t2*18?,23-;;;;;/m10...../s1. The minimum Gasteiger partial charge on any atom is -1.00 e. The second-order valence-electron chi connectivity index (χ2n) is 28.8. The van der Waals surface area contributed by atoms with E-state index in [0.29, 0.717) is 126 Å². The molecular weight excluding hydrogens is 1530 g/mol. The summed E-state index contributed by atoms with van der Waals surface area (Å²) in [7, 11) is 1.00. The average molecular weight is 1620 g/mol. The summed E-state index contributed by atoms with van der Waals surface area (Å²) < 4.78 is 261. The quantitative estimate of drug-likeness (QED) is 0.0391. The zero-order chi connectivity index (χ0) is 79.9. The van der Waals surface area contributed by atoms with Crippen LogP contribution in [0.2, 0.25) is 0 Å². The monoisotopic (exact) mass is 1620 g/mol. The summed E-state index contributed by atoms with van der Waals surface area (Å²) >= 11 is 0. The molecule has 0 bridgehead atoms. The van der Waals surface area contributed by atoms with E-state index in [1.165, 1.54) is 78.9 Å². The Bertz CT molecular complexity index is 3710. The van der Waals surface area contributed by atoms with E-state index in [9.17, 15) is 94.0 Å². The van der Waals surface area contributed by atoms with Gasteiger partial charge in [-0.15, -0.1) is 39.5 Å². The molecule has 33 heteroatoms. The minimum atomic E-state index is -4.85. The van der Waals surface area contributed by atoms with Crippen molar-refractivity contribution in [3.63, 3.8) is 0 Å². The zero-order valence-electron chi connectivity index (χ0n) is 62.8. The van der Waals surface area contributed by atoms with Crippen LogP contribution in [0.15, 0.2) is 146 Å².